The van der Waals surface area contributed by atoms with Crippen molar-refractivity contribution in [3.63, 3.8) is 0 Å². The molecule has 6 aromatic carbocycles. The number of benzene rings is 6. The molecule has 0 heterocycles. The maximum Gasteiger partial charge on any atom is 0.0998 e. The Morgan fingerprint density at radius 1 is 0.300 bits per heavy atom. The van der Waals surface area contributed by atoms with Gasteiger partial charge in [-0.3, -0.25) is 0 Å². The van der Waals surface area contributed by atoms with E-state index in [-0.39, 0.29) is 0 Å². The van der Waals surface area contributed by atoms with Crippen LogP contribution in [0.25, 0.3) is 55.6 Å². The van der Waals surface area contributed by atoms with Crippen molar-refractivity contribution in [3.05, 3.63) is 157 Å². The van der Waals surface area contributed by atoms with Gasteiger partial charge in [0.25, 0.3) is 0 Å². The molecule has 6 aromatic rings. The Morgan fingerprint density at radius 3 is 1.15 bits per heavy atom. The first kappa shape index (κ1) is 24.6. The van der Waals surface area contributed by atoms with Crippen LogP contribution in [-0.2, 0) is 0 Å². The van der Waals surface area contributed by atoms with Gasteiger partial charge in [0, 0.05) is 11.1 Å². The molecule has 0 saturated carbocycles. The van der Waals surface area contributed by atoms with Gasteiger partial charge in [-0.2, -0.15) is 10.5 Å². The second kappa shape index (κ2) is 11.0. The Balaban J connectivity index is 1.37. The molecule has 2 nitrogen and oxygen atoms in total. The molecule has 0 aromatic heterocycles. The number of nitriles is 2. The second-order valence-electron chi connectivity index (χ2n) is 9.63. The molecule has 0 spiro atoms. The molecule has 0 aliphatic rings. The van der Waals surface area contributed by atoms with Crippen LogP contribution in [0.3, 0.4) is 0 Å². The zero-order chi connectivity index (χ0) is 27.3. The van der Waals surface area contributed by atoms with Crippen LogP contribution in [0.2, 0.25) is 0 Å². The van der Waals surface area contributed by atoms with Gasteiger partial charge in [0.1, 0.15) is 0 Å². The van der Waals surface area contributed by atoms with Crippen molar-refractivity contribution in [2.45, 2.75) is 0 Å². The third-order valence-electron chi connectivity index (χ3n) is 7.20. The van der Waals surface area contributed by atoms with Crippen molar-refractivity contribution in [2.24, 2.45) is 0 Å². The lowest BCUT2D eigenvalue weighted by Crippen LogP contribution is -1.89. The fraction of sp³-hybridized carbons (Fsp3) is 0. The topological polar surface area (TPSA) is 47.6 Å². The molecule has 0 unspecified atom stereocenters. The van der Waals surface area contributed by atoms with E-state index in [1.54, 1.807) is 0 Å². The summed E-state index contributed by atoms with van der Waals surface area (Å²) in [6.45, 7) is 0. The van der Waals surface area contributed by atoms with Gasteiger partial charge in [0.2, 0.25) is 0 Å². The van der Waals surface area contributed by atoms with Crippen LogP contribution in [0.15, 0.2) is 146 Å². The Bertz CT molecular complexity index is 1890. The first-order valence-electron chi connectivity index (χ1n) is 13.1. The summed E-state index contributed by atoms with van der Waals surface area (Å²) in [5.74, 6) is 0. The van der Waals surface area contributed by atoms with E-state index in [9.17, 15) is 10.5 Å². The van der Waals surface area contributed by atoms with Crippen molar-refractivity contribution in [3.8, 4) is 67.8 Å². The highest BCUT2D eigenvalue weighted by atomic mass is 14.3. The van der Waals surface area contributed by atoms with Crippen LogP contribution in [0.4, 0.5) is 0 Å². The third-order valence-corrected chi connectivity index (χ3v) is 7.20. The molecular weight excluding hydrogens is 484 g/mol. The average Bonchev–Trinajstić information content (AvgIpc) is 3.05. The first-order chi connectivity index (χ1) is 19.7. The van der Waals surface area contributed by atoms with Crippen LogP contribution < -0.4 is 0 Å². The molecule has 0 bridgehead atoms. The zero-order valence-corrected chi connectivity index (χ0v) is 21.8. The van der Waals surface area contributed by atoms with Gasteiger partial charge in [0.05, 0.1) is 23.3 Å². The van der Waals surface area contributed by atoms with E-state index in [1.165, 1.54) is 5.56 Å². The summed E-state index contributed by atoms with van der Waals surface area (Å²) in [6, 6.07) is 53.8. The fourth-order valence-corrected chi connectivity index (χ4v) is 5.09. The Kier molecular flexibility index (Phi) is 6.75. The minimum absolute atomic E-state index is 0.645. The van der Waals surface area contributed by atoms with Crippen LogP contribution in [0.5, 0.6) is 0 Å². The molecule has 0 amide bonds. The zero-order valence-electron chi connectivity index (χ0n) is 21.8. The van der Waals surface area contributed by atoms with E-state index in [2.05, 4.69) is 84.9 Å². The molecule has 0 fully saturated rings. The Morgan fingerprint density at radius 2 is 0.650 bits per heavy atom. The lowest BCUT2D eigenvalue weighted by atomic mass is 9.91. The van der Waals surface area contributed by atoms with E-state index in [4.69, 9.17) is 0 Å². The predicted molar refractivity (Wildman–Crippen MR) is 163 cm³/mol. The molecule has 6 rings (SSSR count). The number of nitrogens with zero attached hydrogens (tertiary/aromatic N) is 2. The molecule has 0 saturated heterocycles. The molecule has 186 valence electrons. The SMILES string of the molecule is N#Cc1ccc(-c2cccc(-c3ccc(C#N)c(-c4ccc(-c5ccccc5)cc4)c3)c2)cc1-c1ccccc1. The van der Waals surface area contributed by atoms with E-state index >= 15 is 0 Å². The van der Waals surface area contributed by atoms with Crippen LogP contribution in [0.1, 0.15) is 11.1 Å². The third kappa shape index (κ3) is 4.91. The van der Waals surface area contributed by atoms with Gasteiger partial charge < -0.3 is 0 Å². The van der Waals surface area contributed by atoms with Crippen molar-refractivity contribution in [2.75, 3.05) is 0 Å². The van der Waals surface area contributed by atoms with Gasteiger partial charge in [-0.25, -0.2) is 0 Å². The molecule has 2 heteroatoms. The summed E-state index contributed by atoms with van der Waals surface area (Å²) in [5, 5.41) is 19.6. The summed E-state index contributed by atoms with van der Waals surface area (Å²) in [5.41, 5.74) is 11.7. The first-order valence-corrected chi connectivity index (χ1v) is 13.1. The van der Waals surface area contributed by atoms with E-state index in [1.807, 2.05) is 72.8 Å². The van der Waals surface area contributed by atoms with Gasteiger partial charge in [-0.15, -0.1) is 0 Å². The minimum atomic E-state index is 0.645. The van der Waals surface area contributed by atoms with Gasteiger partial charge in [0.15, 0.2) is 0 Å². The van der Waals surface area contributed by atoms with Gasteiger partial charge >= 0.3 is 0 Å². The van der Waals surface area contributed by atoms with Crippen molar-refractivity contribution < 1.29 is 0 Å². The number of hydrogen-bond donors (Lipinski definition) is 0. The molecule has 0 aliphatic carbocycles. The normalized spacial score (nSPS) is 10.4. The van der Waals surface area contributed by atoms with E-state index in [0.717, 1.165) is 50.1 Å². The molecule has 0 atom stereocenters. The highest BCUT2D eigenvalue weighted by Gasteiger charge is 2.11. The van der Waals surface area contributed by atoms with Gasteiger partial charge in [-0.05, 0) is 74.8 Å². The number of hydrogen-bond acceptors (Lipinski definition) is 2. The molecule has 0 aliphatic heterocycles. The molecule has 40 heavy (non-hydrogen) atoms. The second-order valence-corrected chi connectivity index (χ2v) is 9.63. The van der Waals surface area contributed by atoms with Crippen molar-refractivity contribution in [1.82, 2.24) is 0 Å². The summed E-state index contributed by atoms with van der Waals surface area (Å²) in [7, 11) is 0. The van der Waals surface area contributed by atoms with Crippen molar-refractivity contribution >= 4 is 0 Å². The molecule has 0 radical (unpaired) electrons. The largest absolute Gasteiger partial charge is 0.192 e. The Hall–Kier alpha value is -5.70. The van der Waals surface area contributed by atoms with Crippen LogP contribution in [0, 0.1) is 22.7 Å². The number of rotatable bonds is 5. The summed E-state index contributed by atoms with van der Waals surface area (Å²) >= 11 is 0. The smallest absolute Gasteiger partial charge is 0.0998 e. The van der Waals surface area contributed by atoms with E-state index < -0.39 is 0 Å². The summed E-state index contributed by atoms with van der Waals surface area (Å²) in [4.78, 5) is 0. The lowest BCUT2D eigenvalue weighted by Gasteiger charge is -2.12. The Labute approximate surface area is 234 Å². The lowest BCUT2D eigenvalue weighted by molar-refractivity contribution is 1.47. The van der Waals surface area contributed by atoms with Gasteiger partial charge in [-0.1, -0.05) is 115 Å². The van der Waals surface area contributed by atoms with Crippen molar-refractivity contribution in [1.29, 1.82) is 10.5 Å². The van der Waals surface area contributed by atoms with Crippen LogP contribution in [-0.4, -0.2) is 0 Å². The maximum atomic E-state index is 9.86. The predicted octanol–water partition coefficient (Wildman–Crippen LogP) is 9.76. The quantitative estimate of drug-likeness (QED) is 0.233. The van der Waals surface area contributed by atoms with Crippen LogP contribution >= 0.6 is 0 Å². The monoisotopic (exact) mass is 508 g/mol. The van der Waals surface area contributed by atoms with E-state index in [0.29, 0.717) is 11.1 Å². The summed E-state index contributed by atoms with van der Waals surface area (Å²) < 4.78 is 0. The summed E-state index contributed by atoms with van der Waals surface area (Å²) in [6.07, 6.45) is 0. The highest BCUT2D eigenvalue weighted by molar-refractivity contribution is 5.82. The fourth-order valence-electron chi connectivity index (χ4n) is 5.09. The average molecular weight is 509 g/mol. The molecular formula is C38H24N2. The maximum absolute atomic E-state index is 9.86. The minimum Gasteiger partial charge on any atom is -0.192 e. The highest BCUT2D eigenvalue weighted by Crippen LogP contribution is 2.34. The standard InChI is InChI=1S/C38H24N2/c39-25-35-20-18-33(23-37(35)29-10-5-2-6-11-29)31-12-7-13-32(22-31)34-19-21-36(26-40)38(24-34)30-16-14-28(15-17-30)27-8-3-1-4-9-27/h1-24H. The molecule has 0 N–H and O–H groups in total.